The first-order chi connectivity index (χ1) is 10.1. The van der Waals surface area contributed by atoms with E-state index in [0.29, 0.717) is 30.5 Å². The van der Waals surface area contributed by atoms with Gasteiger partial charge in [-0.1, -0.05) is 18.2 Å². The molecule has 1 amide bonds. The van der Waals surface area contributed by atoms with Gasteiger partial charge in [-0.25, -0.2) is 9.82 Å². The van der Waals surface area contributed by atoms with Crippen LogP contribution in [0.4, 0.5) is 4.39 Å². The minimum absolute atomic E-state index is 0.0346. The van der Waals surface area contributed by atoms with Crippen molar-refractivity contribution in [3.05, 3.63) is 35.6 Å². The summed E-state index contributed by atoms with van der Waals surface area (Å²) >= 11 is 0. The highest BCUT2D eigenvalue weighted by Crippen LogP contribution is 2.34. The monoisotopic (exact) mass is 292 g/mol. The smallest absolute Gasteiger partial charge is 0.218 e. The molecule has 6 heteroatoms. The Morgan fingerprint density at radius 1 is 1.38 bits per heavy atom. The molecule has 0 aliphatic carbocycles. The van der Waals surface area contributed by atoms with E-state index < -0.39 is 0 Å². The van der Waals surface area contributed by atoms with Crippen molar-refractivity contribution in [2.45, 2.75) is 24.9 Å². The average molecular weight is 292 g/mol. The summed E-state index contributed by atoms with van der Waals surface area (Å²) in [6.45, 7) is 2.46. The number of halogens is 1. The van der Waals surface area contributed by atoms with Gasteiger partial charge >= 0.3 is 0 Å². The molecule has 2 aliphatic heterocycles. The normalized spacial score (nSPS) is 29.3. The summed E-state index contributed by atoms with van der Waals surface area (Å²) in [4.78, 5) is 13.2. The Hall–Kier alpha value is -1.50. The van der Waals surface area contributed by atoms with E-state index in [1.54, 1.807) is 6.07 Å². The first-order valence-electron chi connectivity index (χ1n) is 7.41. The largest absolute Gasteiger partial charge is 0.370 e. The zero-order chi connectivity index (χ0) is 14.8. The number of amides is 1. The molecular formula is C15H21FN4O. The van der Waals surface area contributed by atoms with Crippen LogP contribution in [-0.2, 0) is 4.79 Å². The number of primary amides is 1. The van der Waals surface area contributed by atoms with Crippen molar-refractivity contribution >= 4 is 5.91 Å². The molecule has 4 N–H and O–H groups in total. The lowest BCUT2D eigenvalue weighted by Crippen LogP contribution is -2.46. The van der Waals surface area contributed by atoms with Crippen LogP contribution in [0, 0.1) is 11.7 Å². The van der Waals surface area contributed by atoms with Crippen molar-refractivity contribution < 1.29 is 9.18 Å². The fraction of sp³-hybridized carbons (Fsp3) is 0.533. The van der Waals surface area contributed by atoms with Gasteiger partial charge in [-0.3, -0.25) is 10.2 Å². The molecule has 1 aromatic carbocycles. The lowest BCUT2D eigenvalue weighted by atomic mass is 9.85. The summed E-state index contributed by atoms with van der Waals surface area (Å²) in [6.07, 6.45) is 1.37. The van der Waals surface area contributed by atoms with Crippen LogP contribution >= 0.6 is 0 Å². The number of carbonyl (C=O) groups is 1. The number of piperidine rings is 1. The number of fused-ring (bicyclic) bond motifs is 1. The molecule has 0 aromatic heterocycles. The Balaban J connectivity index is 1.71. The number of likely N-dealkylation sites (tertiary alicyclic amines) is 1. The van der Waals surface area contributed by atoms with E-state index in [-0.39, 0.29) is 17.8 Å². The van der Waals surface area contributed by atoms with Crippen LogP contribution in [0.3, 0.4) is 0 Å². The molecule has 3 atom stereocenters. The van der Waals surface area contributed by atoms with Crippen molar-refractivity contribution in [2.24, 2.45) is 11.7 Å². The van der Waals surface area contributed by atoms with Gasteiger partial charge in [-0.15, -0.1) is 0 Å². The Labute approximate surface area is 123 Å². The third kappa shape index (κ3) is 3.07. The van der Waals surface area contributed by atoms with E-state index in [9.17, 15) is 9.18 Å². The van der Waals surface area contributed by atoms with Crippen molar-refractivity contribution in [3.8, 4) is 0 Å². The number of benzene rings is 1. The molecule has 1 aromatic rings. The molecule has 5 nitrogen and oxygen atoms in total. The molecule has 0 spiro atoms. The first kappa shape index (κ1) is 14.4. The summed E-state index contributed by atoms with van der Waals surface area (Å²) in [5.41, 5.74) is 12.4. The third-order valence-corrected chi connectivity index (χ3v) is 4.51. The number of nitrogens with two attached hydrogens (primary N) is 1. The SMILES string of the molecule is NC(=O)CCN1CCC2NNC(c3ccccc3F)C2C1. The third-order valence-electron chi connectivity index (χ3n) is 4.51. The quantitative estimate of drug-likeness (QED) is 0.757. The van der Waals surface area contributed by atoms with Gasteiger partial charge in [0.15, 0.2) is 0 Å². The maximum Gasteiger partial charge on any atom is 0.218 e. The zero-order valence-electron chi connectivity index (χ0n) is 11.9. The van der Waals surface area contributed by atoms with Crippen LogP contribution in [-0.4, -0.2) is 36.5 Å². The van der Waals surface area contributed by atoms with Gasteiger partial charge in [0.05, 0.1) is 6.04 Å². The molecule has 21 heavy (non-hydrogen) atoms. The van der Waals surface area contributed by atoms with Gasteiger partial charge in [-0.05, 0) is 19.0 Å². The van der Waals surface area contributed by atoms with Crippen molar-refractivity contribution in [1.82, 2.24) is 15.8 Å². The van der Waals surface area contributed by atoms with Gasteiger partial charge in [0, 0.05) is 37.0 Å². The highest BCUT2D eigenvalue weighted by molar-refractivity contribution is 5.73. The molecule has 114 valence electrons. The van der Waals surface area contributed by atoms with Gasteiger partial charge in [-0.2, -0.15) is 0 Å². The van der Waals surface area contributed by atoms with Crippen LogP contribution in [0.1, 0.15) is 24.4 Å². The van der Waals surface area contributed by atoms with Gasteiger partial charge < -0.3 is 10.6 Å². The Kier molecular flexibility index (Phi) is 4.19. The van der Waals surface area contributed by atoms with Crippen LogP contribution in [0.5, 0.6) is 0 Å². The summed E-state index contributed by atoms with van der Waals surface area (Å²) in [5.74, 6) is -0.152. The second kappa shape index (κ2) is 6.09. The predicted molar refractivity (Wildman–Crippen MR) is 77.6 cm³/mol. The fourth-order valence-electron chi connectivity index (χ4n) is 3.38. The average Bonchev–Trinajstić information content (AvgIpc) is 2.88. The van der Waals surface area contributed by atoms with Crippen LogP contribution in [0.2, 0.25) is 0 Å². The van der Waals surface area contributed by atoms with Crippen molar-refractivity contribution in [1.29, 1.82) is 0 Å². The molecule has 2 fully saturated rings. The second-order valence-corrected chi connectivity index (χ2v) is 5.86. The number of rotatable bonds is 4. The molecule has 3 rings (SSSR count). The van der Waals surface area contributed by atoms with Crippen LogP contribution in [0.25, 0.3) is 0 Å². The van der Waals surface area contributed by atoms with Gasteiger partial charge in [0.25, 0.3) is 0 Å². The van der Waals surface area contributed by atoms with Crippen LogP contribution < -0.4 is 16.6 Å². The molecule has 2 heterocycles. The van der Waals surface area contributed by atoms with E-state index in [1.165, 1.54) is 6.07 Å². The lowest BCUT2D eigenvalue weighted by Gasteiger charge is -2.36. The molecule has 3 unspecified atom stereocenters. The maximum atomic E-state index is 14.0. The molecule has 2 saturated heterocycles. The number of nitrogens with zero attached hydrogens (tertiary/aromatic N) is 1. The molecule has 0 saturated carbocycles. The number of carbonyl (C=O) groups excluding carboxylic acids is 1. The zero-order valence-corrected chi connectivity index (χ0v) is 11.9. The molecule has 0 bridgehead atoms. The standard InChI is InChI=1S/C15H21FN4O/c16-12-4-2-1-3-10(12)15-11-9-20(8-6-14(17)21)7-5-13(11)18-19-15/h1-4,11,13,15,18-19H,5-9H2,(H2,17,21). The number of nitrogens with one attached hydrogen (secondary N) is 2. The predicted octanol–water partition coefficient (Wildman–Crippen LogP) is 0.541. The van der Waals surface area contributed by atoms with Crippen molar-refractivity contribution in [3.63, 3.8) is 0 Å². The van der Waals surface area contributed by atoms with E-state index in [1.807, 2.05) is 12.1 Å². The van der Waals surface area contributed by atoms with E-state index in [4.69, 9.17) is 5.73 Å². The minimum Gasteiger partial charge on any atom is -0.370 e. The highest BCUT2D eigenvalue weighted by atomic mass is 19.1. The Bertz CT molecular complexity index is 524. The lowest BCUT2D eigenvalue weighted by molar-refractivity contribution is -0.118. The second-order valence-electron chi connectivity index (χ2n) is 5.86. The molecule has 0 radical (unpaired) electrons. The summed E-state index contributed by atoms with van der Waals surface area (Å²) < 4.78 is 14.0. The summed E-state index contributed by atoms with van der Waals surface area (Å²) in [5, 5.41) is 0. The summed E-state index contributed by atoms with van der Waals surface area (Å²) in [6, 6.07) is 7.21. The van der Waals surface area contributed by atoms with E-state index in [0.717, 1.165) is 19.5 Å². The van der Waals surface area contributed by atoms with Gasteiger partial charge in [0.1, 0.15) is 5.82 Å². The fourth-order valence-corrected chi connectivity index (χ4v) is 3.38. The van der Waals surface area contributed by atoms with Crippen LogP contribution in [0.15, 0.2) is 24.3 Å². The topological polar surface area (TPSA) is 70.4 Å². The molecular weight excluding hydrogens is 271 g/mol. The number of hydrazine groups is 1. The minimum atomic E-state index is -0.273. The molecule has 2 aliphatic rings. The van der Waals surface area contributed by atoms with Gasteiger partial charge in [0.2, 0.25) is 5.91 Å². The Morgan fingerprint density at radius 3 is 2.95 bits per heavy atom. The van der Waals surface area contributed by atoms with E-state index in [2.05, 4.69) is 15.8 Å². The number of hydrogen-bond acceptors (Lipinski definition) is 4. The Morgan fingerprint density at radius 2 is 2.19 bits per heavy atom. The maximum absolute atomic E-state index is 14.0. The first-order valence-corrected chi connectivity index (χ1v) is 7.41. The number of hydrogen-bond donors (Lipinski definition) is 3. The highest BCUT2D eigenvalue weighted by Gasteiger charge is 2.41. The van der Waals surface area contributed by atoms with Crippen molar-refractivity contribution in [2.75, 3.05) is 19.6 Å². The van der Waals surface area contributed by atoms with E-state index >= 15 is 0 Å². The summed E-state index contributed by atoms with van der Waals surface area (Å²) in [7, 11) is 0.